The lowest BCUT2D eigenvalue weighted by molar-refractivity contribution is -0.126. The van der Waals surface area contributed by atoms with Gasteiger partial charge < -0.3 is 10.6 Å². The van der Waals surface area contributed by atoms with Crippen LogP contribution in [0.5, 0.6) is 0 Å². The summed E-state index contributed by atoms with van der Waals surface area (Å²) < 4.78 is 0. The fourth-order valence-corrected chi connectivity index (χ4v) is 2.68. The van der Waals surface area contributed by atoms with Crippen LogP contribution in [-0.4, -0.2) is 48.6 Å². The van der Waals surface area contributed by atoms with Gasteiger partial charge in [0.05, 0.1) is 6.04 Å². The van der Waals surface area contributed by atoms with E-state index < -0.39 is 0 Å². The topological polar surface area (TPSA) is 44.4 Å². The number of hydrogen-bond acceptors (Lipinski definition) is 3. The second-order valence-electron chi connectivity index (χ2n) is 7.95. The van der Waals surface area contributed by atoms with Gasteiger partial charge in [-0.15, -0.1) is 0 Å². The van der Waals surface area contributed by atoms with Crippen molar-refractivity contribution in [3.8, 4) is 0 Å². The second kappa shape index (κ2) is 8.14. The zero-order valence-corrected chi connectivity index (χ0v) is 14.8. The molecular weight excluding hydrogens is 262 g/mol. The molecule has 1 rings (SSSR count). The maximum Gasteiger partial charge on any atom is 0.237 e. The van der Waals surface area contributed by atoms with Gasteiger partial charge >= 0.3 is 0 Å². The van der Waals surface area contributed by atoms with E-state index in [0.29, 0.717) is 11.8 Å². The Labute approximate surface area is 131 Å². The number of nitrogens with one attached hydrogen (secondary N) is 2. The molecule has 2 atom stereocenters. The number of nitrogens with zero attached hydrogens (tertiary/aromatic N) is 1. The summed E-state index contributed by atoms with van der Waals surface area (Å²) in [6.07, 6.45) is 2.46. The van der Waals surface area contributed by atoms with E-state index in [0.717, 1.165) is 26.2 Å². The fraction of sp³-hybridized carbons (Fsp3) is 0.941. The molecule has 0 aromatic rings. The second-order valence-corrected chi connectivity index (χ2v) is 7.95. The summed E-state index contributed by atoms with van der Waals surface area (Å²) in [7, 11) is 0. The van der Waals surface area contributed by atoms with Crippen LogP contribution in [0.1, 0.15) is 54.4 Å². The van der Waals surface area contributed by atoms with E-state index >= 15 is 0 Å². The smallest absolute Gasteiger partial charge is 0.237 e. The Kier molecular flexibility index (Phi) is 7.14. The lowest BCUT2D eigenvalue weighted by Gasteiger charge is -2.37. The Morgan fingerprint density at radius 2 is 1.95 bits per heavy atom. The zero-order valence-electron chi connectivity index (χ0n) is 14.8. The standard InChI is InChI=1S/C17H35N3O/c1-13(2)10-18-16(21)14(3)20-9-7-8-15(12-20)11-19-17(4,5)6/h13-15,19H,7-12H2,1-6H3,(H,18,21). The van der Waals surface area contributed by atoms with Crippen molar-refractivity contribution in [1.82, 2.24) is 15.5 Å². The molecule has 4 nitrogen and oxygen atoms in total. The van der Waals surface area contributed by atoms with Crippen LogP contribution in [0.2, 0.25) is 0 Å². The largest absolute Gasteiger partial charge is 0.354 e. The van der Waals surface area contributed by atoms with Crippen molar-refractivity contribution in [3.05, 3.63) is 0 Å². The SMILES string of the molecule is CC(C)CNC(=O)C(C)N1CCCC(CNC(C)(C)C)C1. The molecule has 0 aromatic heterocycles. The number of carbonyl (C=O) groups excluding carboxylic acids is 1. The molecule has 2 unspecified atom stereocenters. The monoisotopic (exact) mass is 297 g/mol. The highest BCUT2D eigenvalue weighted by Crippen LogP contribution is 2.19. The van der Waals surface area contributed by atoms with E-state index in [9.17, 15) is 4.79 Å². The zero-order chi connectivity index (χ0) is 16.0. The van der Waals surface area contributed by atoms with Gasteiger partial charge in [0, 0.05) is 18.6 Å². The first-order chi connectivity index (χ1) is 9.69. The summed E-state index contributed by atoms with van der Waals surface area (Å²) in [4.78, 5) is 14.5. The quantitative estimate of drug-likeness (QED) is 0.790. The third-order valence-electron chi connectivity index (χ3n) is 4.08. The van der Waals surface area contributed by atoms with Crippen molar-refractivity contribution in [3.63, 3.8) is 0 Å². The molecule has 1 aliphatic rings. The van der Waals surface area contributed by atoms with Gasteiger partial charge in [0.1, 0.15) is 0 Å². The van der Waals surface area contributed by atoms with Gasteiger partial charge in [-0.05, 0) is 65.5 Å². The minimum Gasteiger partial charge on any atom is -0.354 e. The molecule has 2 N–H and O–H groups in total. The van der Waals surface area contributed by atoms with E-state index in [-0.39, 0.29) is 17.5 Å². The average molecular weight is 297 g/mol. The van der Waals surface area contributed by atoms with Crippen LogP contribution in [0.25, 0.3) is 0 Å². The summed E-state index contributed by atoms with van der Waals surface area (Å²) in [5, 5.41) is 6.65. The van der Waals surface area contributed by atoms with Crippen LogP contribution >= 0.6 is 0 Å². The average Bonchev–Trinajstić information content (AvgIpc) is 2.41. The Balaban J connectivity index is 2.42. The van der Waals surface area contributed by atoms with Crippen LogP contribution in [-0.2, 0) is 4.79 Å². The number of likely N-dealkylation sites (tertiary alicyclic amines) is 1. The number of piperidine rings is 1. The van der Waals surface area contributed by atoms with E-state index in [1.807, 2.05) is 6.92 Å². The van der Waals surface area contributed by atoms with Crippen molar-refractivity contribution < 1.29 is 4.79 Å². The number of hydrogen-bond donors (Lipinski definition) is 2. The third kappa shape index (κ3) is 7.28. The van der Waals surface area contributed by atoms with E-state index in [2.05, 4.69) is 50.2 Å². The van der Waals surface area contributed by atoms with E-state index in [1.165, 1.54) is 12.8 Å². The Bertz CT molecular complexity index is 322. The molecular formula is C17H35N3O. The Morgan fingerprint density at radius 3 is 2.52 bits per heavy atom. The van der Waals surface area contributed by atoms with E-state index in [1.54, 1.807) is 0 Å². The Morgan fingerprint density at radius 1 is 1.29 bits per heavy atom. The molecule has 0 radical (unpaired) electrons. The third-order valence-corrected chi connectivity index (χ3v) is 4.08. The highest BCUT2D eigenvalue weighted by atomic mass is 16.2. The first-order valence-corrected chi connectivity index (χ1v) is 8.46. The lowest BCUT2D eigenvalue weighted by atomic mass is 9.95. The maximum atomic E-state index is 12.2. The summed E-state index contributed by atoms with van der Waals surface area (Å²) in [5.74, 6) is 1.33. The van der Waals surface area contributed by atoms with Gasteiger partial charge in [0.15, 0.2) is 0 Å². The summed E-state index contributed by atoms with van der Waals surface area (Å²) >= 11 is 0. The molecule has 1 aliphatic heterocycles. The van der Waals surface area contributed by atoms with Gasteiger partial charge in [-0.3, -0.25) is 9.69 Å². The highest BCUT2D eigenvalue weighted by Gasteiger charge is 2.27. The molecule has 0 spiro atoms. The molecule has 1 amide bonds. The predicted octanol–water partition coefficient (Wildman–Crippen LogP) is 2.25. The molecule has 4 heteroatoms. The van der Waals surface area contributed by atoms with Crippen LogP contribution in [0.15, 0.2) is 0 Å². The molecule has 21 heavy (non-hydrogen) atoms. The van der Waals surface area contributed by atoms with Gasteiger partial charge in [-0.25, -0.2) is 0 Å². The Hall–Kier alpha value is -0.610. The molecule has 1 fully saturated rings. The number of rotatable bonds is 6. The van der Waals surface area contributed by atoms with Crippen LogP contribution in [0, 0.1) is 11.8 Å². The van der Waals surface area contributed by atoms with Crippen LogP contribution < -0.4 is 10.6 Å². The van der Waals surface area contributed by atoms with Crippen molar-refractivity contribution in [2.24, 2.45) is 11.8 Å². The molecule has 0 aliphatic carbocycles. The maximum absolute atomic E-state index is 12.2. The van der Waals surface area contributed by atoms with E-state index in [4.69, 9.17) is 0 Å². The molecule has 0 saturated carbocycles. The van der Waals surface area contributed by atoms with Crippen molar-refractivity contribution in [2.45, 2.75) is 66.0 Å². The first kappa shape index (κ1) is 18.4. The normalized spacial score (nSPS) is 22.3. The molecule has 124 valence electrons. The summed E-state index contributed by atoms with van der Waals surface area (Å²) in [6.45, 7) is 16.8. The molecule has 0 bridgehead atoms. The predicted molar refractivity (Wildman–Crippen MR) is 89.4 cm³/mol. The first-order valence-electron chi connectivity index (χ1n) is 8.46. The summed E-state index contributed by atoms with van der Waals surface area (Å²) in [6, 6.07) is -0.0128. The van der Waals surface area contributed by atoms with Gasteiger partial charge in [0.25, 0.3) is 0 Å². The minimum atomic E-state index is -0.0128. The lowest BCUT2D eigenvalue weighted by Crippen LogP contribution is -2.51. The van der Waals surface area contributed by atoms with Gasteiger partial charge in [-0.1, -0.05) is 13.8 Å². The van der Waals surface area contributed by atoms with Crippen LogP contribution in [0.3, 0.4) is 0 Å². The fourth-order valence-electron chi connectivity index (χ4n) is 2.68. The number of carbonyl (C=O) groups is 1. The summed E-state index contributed by atoms with van der Waals surface area (Å²) in [5.41, 5.74) is 0.169. The van der Waals surface area contributed by atoms with Crippen molar-refractivity contribution >= 4 is 5.91 Å². The number of amides is 1. The molecule has 0 aromatic carbocycles. The van der Waals surface area contributed by atoms with Gasteiger partial charge in [-0.2, -0.15) is 0 Å². The van der Waals surface area contributed by atoms with Gasteiger partial charge in [0.2, 0.25) is 5.91 Å². The minimum absolute atomic E-state index is 0.0128. The van der Waals surface area contributed by atoms with Crippen molar-refractivity contribution in [1.29, 1.82) is 0 Å². The van der Waals surface area contributed by atoms with Crippen LogP contribution in [0.4, 0.5) is 0 Å². The highest BCUT2D eigenvalue weighted by molar-refractivity contribution is 5.81. The molecule has 1 saturated heterocycles. The molecule has 1 heterocycles. The van der Waals surface area contributed by atoms with Crippen molar-refractivity contribution in [2.75, 3.05) is 26.2 Å².